The molecular formula is C11H13NO4. The molecule has 0 heterocycles. The van der Waals surface area contributed by atoms with Crippen LogP contribution < -0.4 is 5.73 Å². The lowest BCUT2D eigenvalue weighted by atomic mass is 10.0. The number of carbonyl (C=O) groups excluding carboxylic acids is 1. The van der Waals surface area contributed by atoms with Crippen LogP contribution in [0.3, 0.4) is 0 Å². The van der Waals surface area contributed by atoms with E-state index in [1.807, 2.05) is 0 Å². The van der Waals surface area contributed by atoms with Gasteiger partial charge in [-0.15, -0.1) is 0 Å². The summed E-state index contributed by atoms with van der Waals surface area (Å²) >= 11 is 0. The van der Waals surface area contributed by atoms with E-state index >= 15 is 0 Å². The van der Waals surface area contributed by atoms with Gasteiger partial charge in [-0.05, 0) is 24.1 Å². The first kappa shape index (κ1) is 12.0. The number of anilines is 1. The number of aliphatic carboxylic acids is 1. The number of nitrogens with two attached hydrogens (primary N) is 1. The van der Waals surface area contributed by atoms with Crippen LogP contribution in [-0.2, 0) is 16.0 Å². The number of ether oxygens (including phenoxy) is 1. The Morgan fingerprint density at radius 1 is 1.44 bits per heavy atom. The number of carboxylic acid groups (broad SMARTS) is 1. The molecule has 0 spiro atoms. The summed E-state index contributed by atoms with van der Waals surface area (Å²) in [6.45, 7) is 0. The van der Waals surface area contributed by atoms with Crippen molar-refractivity contribution >= 4 is 17.6 Å². The number of carbonyl (C=O) groups is 2. The normalized spacial score (nSPS) is 9.81. The highest BCUT2D eigenvalue weighted by Gasteiger charge is 2.12. The van der Waals surface area contributed by atoms with E-state index in [-0.39, 0.29) is 12.8 Å². The average Bonchev–Trinajstić information content (AvgIpc) is 2.26. The van der Waals surface area contributed by atoms with Crippen molar-refractivity contribution in [3.8, 4) is 0 Å². The fraction of sp³-hybridized carbons (Fsp3) is 0.273. The van der Waals surface area contributed by atoms with Gasteiger partial charge in [0.2, 0.25) is 0 Å². The Hall–Kier alpha value is -2.04. The van der Waals surface area contributed by atoms with Gasteiger partial charge >= 0.3 is 11.9 Å². The monoisotopic (exact) mass is 223 g/mol. The largest absolute Gasteiger partial charge is 0.481 e. The lowest BCUT2D eigenvalue weighted by Crippen LogP contribution is -2.08. The summed E-state index contributed by atoms with van der Waals surface area (Å²) in [7, 11) is 1.27. The van der Waals surface area contributed by atoms with Crippen LogP contribution in [-0.4, -0.2) is 24.2 Å². The predicted octanol–water partition coefficient (Wildman–Crippen LogP) is 1.07. The lowest BCUT2D eigenvalue weighted by molar-refractivity contribution is -0.136. The molecule has 0 amide bonds. The molecule has 0 saturated carbocycles. The maximum Gasteiger partial charge on any atom is 0.338 e. The maximum absolute atomic E-state index is 11.4. The Labute approximate surface area is 92.8 Å². The minimum atomic E-state index is -0.910. The molecule has 0 aliphatic rings. The molecule has 0 atom stereocenters. The number of carboxylic acids is 1. The SMILES string of the molecule is COC(=O)c1cc(N)ccc1CCC(=O)O. The standard InChI is InChI=1S/C11H13NO4/c1-16-11(15)9-6-8(12)4-2-7(9)3-5-10(13)14/h2,4,6H,3,5,12H2,1H3,(H,13,14). The number of hydrogen-bond acceptors (Lipinski definition) is 4. The van der Waals surface area contributed by atoms with E-state index in [4.69, 9.17) is 10.8 Å². The summed E-state index contributed by atoms with van der Waals surface area (Å²) < 4.78 is 4.60. The second-order valence-electron chi connectivity index (χ2n) is 3.30. The number of rotatable bonds is 4. The van der Waals surface area contributed by atoms with Gasteiger partial charge in [-0.2, -0.15) is 0 Å². The number of benzene rings is 1. The van der Waals surface area contributed by atoms with Crippen LogP contribution in [0.2, 0.25) is 0 Å². The molecule has 1 aromatic carbocycles. The van der Waals surface area contributed by atoms with E-state index in [9.17, 15) is 9.59 Å². The van der Waals surface area contributed by atoms with Crippen molar-refractivity contribution in [2.24, 2.45) is 0 Å². The topological polar surface area (TPSA) is 89.6 Å². The molecule has 0 saturated heterocycles. The van der Waals surface area contributed by atoms with Crippen LogP contribution in [0.1, 0.15) is 22.3 Å². The summed E-state index contributed by atoms with van der Waals surface area (Å²) in [5.41, 5.74) is 6.95. The molecule has 0 fully saturated rings. The number of nitrogen functional groups attached to an aromatic ring is 1. The van der Waals surface area contributed by atoms with E-state index in [1.54, 1.807) is 12.1 Å². The second-order valence-corrected chi connectivity index (χ2v) is 3.30. The molecule has 16 heavy (non-hydrogen) atoms. The molecule has 0 aliphatic carbocycles. The van der Waals surface area contributed by atoms with Crippen LogP contribution in [0.25, 0.3) is 0 Å². The first-order valence-corrected chi connectivity index (χ1v) is 4.73. The molecule has 5 heteroatoms. The van der Waals surface area contributed by atoms with Gasteiger partial charge in [-0.3, -0.25) is 4.79 Å². The summed E-state index contributed by atoms with van der Waals surface area (Å²) in [4.78, 5) is 21.9. The summed E-state index contributed by atoms with van der Waals surface area (Å²) in [5.74, 6) is -1.42. The van der Waals surface area contributed by atoms with Crippen LogP contribution in [0.4, 0.5) is 5.69 Å². The van der Waals surface area contributed by atoms with Gasteiger partial charge in [0.1, 0.15) is 0 Å². The maximum atomic E-state index is 11.4. The predicted molar refractivity (Wildman–Crippen MR) is 58.2 cm³/mol. The molecule has 0 unspecified atom stereocenters. The molecule has 0 aromatic heterocycles. The highest BCUT2D eigenvalue weighted by Crippen LogP contribution is 2.16. The van der Waals surface area contributed by atoms with Gasteiger partial charge in [0.05, 0.1) is 12.7 Å². The first-order valence-electron chi connectivity index (χ1n) is 4.73. The van der Waals surface area contributed by atoms with E-state index in [0.29, 0.717) is 16.8 Å². The molecule has 0 radical (unpaired) electrons. The Morgan fingerprint density at radius 2 is 2.12 bits per heavy atom. The van der Waals surface area contributed by atoms with Crippen molar-refractivity contribution in [2.75, 3.05) is 12.8 Å². The van der Waals surface area contributed by atoms with E-state index in [2.05, 4.69) is 4.74 Å². The average molecular weight is 223 g/mol. The summed E-state index contributed by atoms with van der Waals surface area (Å²) in [6.07, 6.45) is 0.244. The van der Waals surface area contributed by atoms with E-state index < -0.39 is 11.9 Å². The molecule has 1 aromatic rings. The zero-order valence-corrected chi connectivity index (χ0v) is 8.90. The fourth-order valence-corrected chi connectivity index (χ4v) is 1.35. The van der Waals surface area contributed by atoms with Gasteiger partial charge < -0.3 is 15.6 Å². The van der Waals surface area contributed by atoms with Crippen molar-refractivity contribution in [3.05, 3.63) is 29.3 Å². The Balaban J connectivity index is 2.98. The van der Waals surface area contributed by atoms with Crippen molar-refractivity contribution in [1.29, 1.82) is 0 Å². The third kappa shape index (κ3) is 2.98. The van der Waals surface area contributed by atoms with Gasteiger partial charge in [0.15, 0.2) is 0 Å². The lowest BCUT2D eigenvalue weighted by Gasteiger charge is -2.07. The summed E-state index contributed by atoms with van der Waals surface area (Å²) in [6, 6.07) is 4.76. The highest BCUT2D eigenvalue weighted by molar-refractivity contribution is 5.92. The molecule has 1 rings (SSSR count). The number of esters is 1. The Bertz CT molecular complexity index is 414. The molecule has 0 bridgehead atoms. The van der Waals surface area contributed by atoms with Crippen molar-refractivity contribution < 1.29 is 19.4 Å². The molecule has 5 nitrogen and oxygen atoms in total. The van der Waals surface area contributed by atoms with Crippen LogP contribution >= 0.6 is 0 Å². The Morgan fingerprint density at radius 3 is 2.69 bits per heavy atom. The third-order valence-corrected chi connectivity index (χ3v) is 2.15. The molecule has 0 aliphatic heterocycles. The molecule has 86 valence electrons. The summed E-state index contributed by atoms with van der Waals surface area (Å²) in [5, 5.41) is 8.58. The van der Waals surface area contributed by atoms with Crippen LogP contribution in [0, 0.1) is 0 Å². The van der Waals surface area contributed by atoms with Crippen molar-refractivity contribution in [1.82, 2.24) is 0 Å². The van der Waals surface area contributed by atoms with Crippen LogP contribution in [0.5, 0.6) is 0 Å². The quantitative estimate of drug-likeness (QED) is 0.588. The van der Waals surface area contributed by atoms with Gasteiger partial charge in [-0.25, -0.2) is 4.79 Å². The second kappa shape index (κ2) is 5.16. The first-order chi connectivity index (χ1) is 7.54. The fourth-order valence-electron chi connectivity index (χ4n) is 1.35. The van der Waals surface area contributed by atoms with Gasteiger partial charge in [-0.1, -0.05) is 6.07 Å². The van der Waals surface area contributed by atoms with Crippen LogP contribution in [0.15, 0.2) is 18.2 Å². The van der Waals surface area contributed by atoms with Crippen molar-refractivity contribution in [2.45, 2.75) is 12.8 Å². The molecular weight excluding hydrogens is 210 g/mol. The minimum absolute atomic E-state index is 0.0338. The number of hydrogen-bond donors (Lipinski definition) is 2. The number of methoxy groups -OCH3 is 1. The zero-order valence-electron chi connectivity index (χ0n) is 8.90. The van der Waals surface area contributed by atoms with E-state index in [1.165, 1.54) is 13.2 Å². The number of aryl methyl sites for hydroxylation is 1. The third-order valence-electron chi connectivity index (χ3n) is 2.15. The van der Waals surface area contributed by atoms with Gasteiger partial charge in [0.25, 0.3) is 0 Å². The smallest absolute Gasteiger partial charge is 0.338 e. The highest BCUT2D eigenvalue weighted by atomic mass is 16.5. The molecule has 3 N–H and O–H groups in total. The minimum Gasteiger partial charge on any atom is -0.481 e. The van der Waals surface area contributed by atoms with Gasteiger partial charge in [0, 0.05) is 12.1 Å². The Kier molecular flexibility index (Phi) is 3.88. The van der Waals surface area contributed by atoms with Crippen molar-refractivity contribution in [3.63, 3.8) is 0 Å². The van der Waals surface area contributed by atoms with E-state index in [0.717, 1.165) is 0 Å². The zero-order chi connectivity index (χ0) is 12.1.